The maximum Gasteiger partial charge on any atom is 0.252 e. The molecule has 110 valence electrons. The average molecular weight is 344 g/mol. The van der Waals surface area contributed by atoms with Gasteiger partial charge in [0.1, 0.15) is 0 Å². The van der Waals surface area contributed by atoms with Gasteiger partial charge < -0.3 is 10.6 Å². The van der Waals surface area contributed by atoms with E-state index in [-0.39, 0.29) is 5.91 Å². The van der Waals surface area contributed by atoms with E-state index in [0.29, 0.717) is 27.2 Å². The normalized spacial score (nSPS) is 10.3. The fourth-order valence-corrected chi connectivity index (χ4v) is 2.57. The SMILES string of the molecule is CNC(=O)c1cc(NCc2c(Cl)cccc2Cl)ccc1Cl. The number of rotatable bonds is 4. The van der Waals surface area contributed by atoms with Crippen LogP contribution >= 0.6 is 34.8 Å². The molecule has 0 spiro atoms. The lowest BCUT2D eigenvalue weighted by atomic mass is 10.1. The number of halogens is 3. The summed E-state index contributed by atoms with van der Waals surface area (Å²) in [6.07, 6.45) is 0. The second kappa shape index (κ2) is 7.03. The summed E-state index contributed by atoms with van der Waals surface area (Å²) >= 11 is 18.2. The molecule has 0 aliphatic rings. The third kappa shape index (κ3) is 3.82. The molecular formula is C15H13Cl3N2O. The molecule has 0 atom stereocenters. The van der Waals surface area contributed by atoms with Gasteiger partial charge in [0.2, 0.25) is 0 Å². The molecule has 0 fully saturated rings. The van der Waals surface area contributed by atoms with Crippen molar-refractivity contribution in [1.29, 1.82) is 0 Å². The molecule has 6 heteroatoms. The number of amides is 1. The lowest BCUT2D eigenvalue weighted by molar-refractivity contribution is 0.0963. The van der Waals surface area contributed by atoms with Crippen LogP contribution in [-0.4, -0.2) is 13.0 Å². The number of hydrogen-bond donors (Lipinski definition) is 2. The first-order valence-electron chi connectivity index (χ1n) is 6.21. The van der Waals surface area contributed by atoms with E-state index >= 15 is 0 Å². The Morgan fingerprint density at radius 2 is 1.71 bits per heavy atom. The monoisotopic (exact) mass is 342 g/mol. The molecule has 21 heavy (non-hydrogen) atoms. The third-order valence-electron chi connectivity index (χ3n) is 2.97. The predicted molar refractivity (Wildman–Crippen MR) is 88.6 cm³/mol. The molecule has 0 radical (unpaired) electrons. The van der Waals surface area contributed by atoms with Gasteiger partial charge in [-0.2, -0.15) is 0 Å². The Balaban J connectivity index is 2.19. The Morgan fingerprint density at radius 1 is 1.05 bits per heavy atom. The van der Waals surface area contributed by atoms with Crippen LogP contribution in [0.3, 0.4) is 0 Å². The largest absolute Gasteiger partial charge is 0.381 e. The molecule has 0 bridgehead atoms. The van der Waals surface area contributed by atoms with Crippen molar-refractivity contribution in [2.24, 2.45) is 0 Å². The molecule has 0 saturated heterocycles. The smallest absolute Gasteiger partial charge is 0.252 e. The van der Waals surface area contributed by atoms with Gasteiger partial charge in [-0.1, -0.05) is 40.9 Å². The highest BCUT2D eigenvalue weighted by molar-refractivity contribution is 6.36. The topological polar surface area (TPSA) is 41.1 Å². The summed E-state index contributed by atoms with van der Waals surface area (Å²) in [5.41, 5.74) is 1.97. The number of carbonyl (C=O) groups excluding carboxylic acids is 1. The first kappa shape index (κ1) is 16.0. The van der Waals surface area contributed by atoms with Gasteiger partial charge in [0.15, 0.2) is 0 Å². The molecule has 1 amide bonds. The van der Waals surface area contributed by atoms with E-state index in [9.17, 15) is 4.79 Å². The highest BCUT2D eigenvalue weighted by Crippen LogP contribution is 2.26. The van der Waals surface area contributed by atoms with Crippen LogP contribution in [0.2, 0.25) is 15.1 Å². The summed E-state index contributed by atoms with van der Waals surface area (Å²) < 4.78 is 0. The van der Waals surface area contributed by atoms with E-state index in [1.807, 2.05) is 0 Å². The Kier molecular flexibility index (Phi) is 5.34. The molecule has 0 aliphatic carbocycles. The summed E-state index contributed by atoms with van der Waals surface area (Å²) in [6, 6.07) is 10.5. The second-order valence-electron chi connectivity index (χ2n) is 4.33. The zero-order valence-corrected chi connectivity index (χ0v) is 13.5. The molecule has 0 heterocycles. The van der Waals surface area contributed by atoms with Crippen LogP contribution in [0.25, 0.3) is 0 Å². The fourth-order valence-electron chi connectivity index (χ4n) is 1.84. The molecule has 2 rings (SSSR count). The van der Waals surface area contributed by atoms with Crippen LogP contribution in [0.15, 0.2) is 36.4 Å². The Hall–Kier alpha value is -1.42. The van der Waals surface area contributed by atoms with E-state index in [1.165, 1.54) is 0 Å². The van der Waals surface area contributed by atoms with Gasteiger partial charge in [-0.15, -0.1) is 0 Å². The van der Waals surface area contributed by atoms with Gasteiger partial charge in [-0.25, -0.2) is 0 Å². The average Bonchev–Trinajstić information content (AvgIpc) is 2.47. The van der Waals surface area contributed by atoms with Gasteiger partial charge >= 0.3 is 0 Å². The molecule has 0 aromatic heterocycles. The van der Waals surface area contributed by atoms with E-state index < -0.39 is 0 Å². The van der Waals surface area contributed by atoms with Crippen LogP contribution in [0.4, 0.5) is 5.69 Å². The van der Waals surface area contributed by atoms with Gasteiger partial charge in [0, 0.05) is 34.9 Å². The quantitative estimate of drug-likeness (QED) is 0.850. The first-order valence-corrected chi connectivity index (χ1v) is 7.34. The summed E-state index contributed by atoms with van der Waals surface area (Å²) in [7, 11) is 1.56. The summed E-state index contributed by atoms with van der Waals surface area (Å²) in [4.78, 5) is 11.7. The van der Waals surface area contributed by atoms with Crippen molar-refractivity contribution in [2.75, 3.05) is 12.4 Å². The lowest BCUT2D eigenvalue weighted by Gasteiger charge is -2.11. The van der Waals surface area contributed by atoms with Crippen molar-refractivity contribution in [3.63, 3.8) is 0 Å². The molecule has 2 aromatic rings. The number of hydrogen-bond acceptors (Lipinski definition) is 2. The number of nitrogens with one attached hydrogen (secondary N) is 2. The molecule has 0 aliphatic heterocycles. The summed E-state index contributed by atoms with van der Waals surface area (Å²) in [6.45, 7) is 0.452. The molecule has 2 aromatic carbocycles. The molecule has 0 saturated carbocycles. The van der Waals surface area contributed by atoms with E-state index in [2.05, 4.69) is 10.6 Å². The minimum Gasteiger partial charge on any atom is -0.381 e. The molecule has 0 unspecified atom stereocenters. The maximum absolute atomic E-state index is 11.7. The van der Waals surface area contributed by atoms with E-state index in [4.69, 9.17) is 34.8 Å². The first-order chi connectivity index (χ1) is 10.0. The van der Waals surface area contributed by atoms with E-state index in [1.54, 1.807) is 43.4 Å². The number of anilines is 1. The summed E-state index contributed by atoms with van der Waals surface area (Å²) in [5, 5.41) is 7.31. The minimum atomic E-state index is -0.237. The Morgan fingerprint density at radius 3 is 2.33 bits per heavy atom. The lowest BCUT2D eigenvalue weighted by Crippen LogP contribution is -2.18. The standard InChI is InChI=1S/C15H13Cl3N2O/c1-19-15(21)10-7-9(5-6-14(10)18)20-8-11-12(16)3-2-4-13(11)17/h2-7,20H,8H2,1H3,(H,19,21). The molecule has 2 N–H and O–H groups in total. The van der Waals surface area contributed by atoms with Gasteiger partial charge in [-0.05, 0) is 30.3 Å². The van der Waals surface area contributed by atoms with Gasteiger partial charge in [0.05, 0.1) is 10.6 Å². The Labute approximate surface area is 138 Å². The van der Waals surface area contributed by atoms with Crippen LogP contribution in [0, 0.1) is 0 Å². The van der Waals surface area contributed by atoms with Crippen LogP contribution < -0.4 is 10.6 Å². The second-order valence-corrected chi connectivity index (χ2v) is 5.55. The van der Waals surface area contributed by atoms with Crippen molar-refractivity contribution in [3.8, 4) is 0 Å². The van der Waals surface area contributed by atoms with E-state index in [0.717, 1.165) is 11.3 Å². The summed E-state index contributed by atoms with van der Waals surface area (Å²) in [5.74, 6) is -0.237. The Bertz CT molecular complexity index is 654. The third-order valence-corrected chi connectivity index (χ3v) is 4.01. The number of benzene rings is 2. The molecular weight excluding hydrogens is 331 g/mol. The van der Waals surface area contributed by atoms with Crippen LogP contribution in [-0.2, 0) is 6.54 Å². The van der Waals surface area contributed by atoms with Crippen molar-refractivity contribution in [3.05, 3.63) is 62.6 Å². The van der Waals surface area contributed by atoms with Crippen molar-refractivity contribution < 1.29 is 4.79 Å². The highest BCUT2D eigenvalue weighted by Gasteiger charge is 2.10. The van der Waals surface area contributed by atoms with Crippen molar-refractivity contribution in [1.82, 2.24) is 5.32 Å². The van der Waals surface area contributed by atoms with Crippen LogP contribution in [0.5, 0.6) is 0 Å². The zero-order valence-electron chi connectivity index (χ0n) is 11.2. The van der Waals surface area contributed by atoms with Crippen molar-refractivity contribution >= 4 is 46.4 Å². The molecule has 3 nitrogen and oxygen atoms in total. The predicted octanol–water partition coefficient (Wildman–Crippen LogP) is 4.62. The fraction of sp³-hybridized carbons (Fsp3) is 0.133. The van der Waals surface area contributed by atoms with Crippen LogP contribution in [0.1, 0.15) is 15.9 Å². The number of carbonyl (C=O) groups is 1. The zero-order chi connectivity index (χ0) is 15.4. The minimum absolute atomic E-state index is 0.237. The maximum atomic E-state index is 11.7. The van der Waals surface area contributed by atoms with Crippen molar-refractivity contribution in [2.45, 2.75) is 6.54 Å². The highest BCUT2D eigenvalue weighted by atomic mass is 35.5. The van der Waals surface area contributed by atoms with Gasteiger partial charge in [0.25, 0.3) is 5.91 Å². The van der Waals surface area contributed by atoms with Gasteiger partial charge in [-0.3, -0.25) is 4.79 Å².